The SMILES string of the molecule is COCCNC12C=CC(N)=CC1(N(CCO)c1ccc(N)c(C)c1)CC2. The van der Waals surface area contributed by atoms with Crippen LogP contribution in [-0.4, -0.2) is 49.6 Å². The van der Waals surface area contributed by atoms with Crippen LogP contribution >= 0.6 is 0 Å². The van der Waals surface area contributed by atoms with Gasteiger partial charge in [0, 0.05) is 37.3 Å². The van der Waals surface area contributed by atoms with Crippen LogP contribution < -0.4 is 21.7 Å². The lowest BCUT2D eigenvalue weighted by atomic mass is 9.56. The zero-order valence-electron chi connectivity index (χ0n) is 15.7. The van der Waals surface area contributed by atoms with Crippen molar-refractivity contribution in [3.63, 3.8) is 0 Å². The number of nitrogens with zero attached hydrogens (tertiary/aromatic N) is 1. The lowest BCUT2D eigenvalue weighted by Crippen LogP contribution is -2.77. The van der Waals surface area contributed by atoms with Gasteiger partial charge in [-0.2, -0.15) is 0 Å². The van der Waals surface area contributed by atoms with E-state index in [9.17, 15) is 5.11 Å². The van der Waals surface area contributed by atoms with Crippen LogP contribution in [0.4, 0.5) is 11.4 Å². The van der Waals surface area contributed by atoms with Gasteiger partial charge in [0.2, 0.25) is 0 Å². The van der Waals surface area contributed by atoms with Crippen molar-refractivity contribution in [2.24, 2.45) is 5.73 Å². The number of β-amino-alcohol motifs (C(OH)–C–C–N with tert-alkyl or cyclic N) is 1. The number of hydrogen-bond donors (Lipinski definition) is 4. The van der Waals surface area contributed by atoms with Gasteiger partial charge in [0.1, 0.15) is 0 Å². The first-order valence-corrected chi connectivity index (χ1v) is 9.14. The van der Waals surface area contributed by atoms with Crippen LogP contribution in [-0.2, 0) is 4.74 Å². The second-order valence-electron chi connectivity index (χ2n) is 7.21. The van der Waals surface area contributed by atoms with E-state index in [1.807, 2.05) is 25.1 Å². The van der Waals surface area contributed by atoms with Crippen molar-refractivity contribution in [2.45, 2.75) is 30.8 Å². The molecule has 3 rings (SSSR count). The number of rotatable bonds is 8. The molecule has 0 saturated heterocycles. The van der Waals surface area contributed by atoms with E-state index in [2.05, 4.69) is 28.4 Å². The molecule has 2 unspecified atom stereocenters. The predicted octanol–water partition coefficient (Wildman–Crippen LogP) is 1.30. The standard InChI is InChI=1S/C20H30N4O2/c1-15-13-17(3-4-18(15)22)24(10-11-25)20-8-7-19(20,23-9-12-26-2)6-5-16(21)14-20/h3-6,13-14,23,25H,7-12,21-22H2,1-2H3. The summed E-state index contributed by atoms with van der Waals surface area (Å²) in [6, 6.07) is 6.03. The molecule has 2 aliphatic carbocycles. The molecule has 26 heavy (non-hydrogen) atoms. The van der Waals surface area contributed by atoms with Crippen molar-refractivity contribution >= 4 is 11.4 Å². The summed E-state index contributed by atoms with van der Waals surface area (Å²) in [4.78, 5) is 2.26. The summed E-state index contributed by atoms with van der Waals surface area (Å²) in [5.74, 6) is 0. The molecule has 0 aromatic heterocycles. The molecule has 1 saturated carbocycles. The van der Waals surface area contributed by atoms with E-state index >= 15 is 0 Å². The number of methoxy groups -OCH3 is 1. The number of aryl methyl sites for hydroxylation is 1. The number of aliphatic hydroxyl groups is 1. The van der Waals surface area contributed by atoms with Gasteiger partial charge in [0.25, 0.3) is 0 Å². The quantitative estimate of drug-likeness (QED) is 0.413. The van der Waals surface area contributed by atoms with Crippen LogP contribution in [0.25, 0.3) is 0 Å². The topological polar surface area (TPSA) is 96.8 Å². The molecule has 1 aromatic rings. The molecular formula is C20H30N4O2. The van der Waals surface area contributed by atoms with Crippen molar-refractivity contribution in [1.29, 1.82) is 0 Å². The number of benzene rings is 1. The minimum Gasteiger partial charge on any atom is -0.399 e. The minimum absolute atomic E-state index is 0.0663. The molecule has 0 spiro atoms. The molecule has 2 atom stereocenters. The Balaban J connectivity index is 2.01. The average molecular weight is 358 g/mol. The Morgan fingerprint density at radius 2 is 2.12 bits per heavy atom. The third-order valence-electron chi connectivity index (χ3n) is 5.76. The zero-order valence-corrected chi connectivity index (χ0v) is 15.7. The fourth-order valence-electron chi connectivity index (χ4n) is 4.26. The number of aliphatic hydroxyl groups excluding tert-OH is 1. The third-order valence-corrected chi connectivity index (χ3v) is 5.76. The lowest BCUT2D eigenvalue weighted by molar-refractivity contribution is 0.101. The Hall–Kier alpha value is -2.02. The van der Waals surface area contributed by atoms with Gasteiger partial charge in [-0.25, -0.2) is 0 Å². The predicted molar refractivity (Wildman–Crippen MR) is 106 cm³/mol. The molecule has 142 valence electrons. The molecule has 1 fully saturated rings. The normalized spacial score (nSPS) is 26.8. The maximum absolute atomic E-state index is 9.76. The highest BCUT2D eigenvalue weighted by Crippen LogP contribution is 2.52. The highest BCUT2D eigenvalue weighted by molar-refractivity contribution is 5.63. The second kappa shape index (κ2) is 7.31. The van der Waals surface area contributed by atoms with Gasteiger partial charge in [-0.1, -0.05) is 6.08 Å². The molecule has 0 radical (unpaired) electrons. The van der Waals surface area contributed by atoms with Crippen LogP contribution in [0.3, 0.4) is 0 Å². The second-order valence-corrected chi connectivity index (χ2v) is 7.21. The van der Waals surface area contributed by atoms with Crippen molar-refractivity contribution < 1.29 is 9.84 Å². The summed E-state index contributed by atoms with van der Waals surface area (Å²) in [5, 5.41) is 13.4. The molecule has 0 aliphatic heterocycles. The molecule has 0 bridgehead atoms. The molecular weight excluding hydrogens is 328 g/mol. The van der Waals surface area contributed by atoms with E-state index in [1.165, 1.54) is 0 Å². The Morgan fingerprint density at radius 1 is 1.31 bits per heavy atom. The third kappa shape index (κ3) is 2.98. The van der Waals surface area contributed by atoms with E-state index in [4.69, 9.17) is 16.2 Å². The number of ether oxygens (including phenoxy) is 1. The fourth-order valence-corrected chi connectivity index (χ4v) is 4.26. The van der Waals surface area contributed by atoms with E-state index < -0.39 is 0 Å². The van der Waals surface area contributed by atoms with Gasteiger partial charge in [0.05, 0.1) is 24.3 Å². The summed E-state index contributed by atoms with van der Waals surface area (Å²) >= 11 is 0. The largest absolute Gasteiger partial charge is 0.399 e. The minimum atomic E-state index is -0.315. The van der Waals surface area contributed by atoms with Crippen LogP contribution in [0.5, 0.6) is 0 Å². The number of allylic oxidation sites excluding steroid dienone is 1. The number of anilines is 2. The van der Waals surface area contributed by atoms with Crippen molar-refractivity contribution in [2.75, 3.05) is 44.0 Å². The maximum Gasteiger partial charge on any atom is 0.0826 e. The zero-order chi connectivity index (χ0) is 18.8. The Kier molecular flexibility index (Phi) is 5.27. The fraction of sp³-hybridized carbons (Fsp3) is 0.500. The van der Waals surface area contributed by atoms with Gasteiger partial charge in [-0.05, 0) is 55.7 Å². The first-order chi connectivity index (χ1) is 12.5. The van der Waals surface area contributed by atoms with Crippen LogP contribution in [0.2, 0.25) is 0 Å². The van der Waals surface area contributed by atoms with Gasteiger partial charge >= 0.3 is 0 Å². The first-order valence-electron chi connectivity index (χ1n) is 9.14. The molecule has 1 aromatic carbocycles. The highest BCUT2D eigenvalue weighted by atomic mass is 16.5. The van der Waals surface area contributed by atoms with Gasteiger partial charge < -0.3 is 31.5 Å². The summed E-state index contributed by atoms with van der Waals surface area (Å²) in [6.07, 6.45) is 8.25. The van der Waals surface area contributed by atoms with E-state index in [1.54, 1.807) is 7.11 Å². The lowest BCUT2D eigenvalue weighted by Gasteiger charge is -2.63. The molecule has 6 N–H and O–H groups in total. The first kappa shape index (κ1) is 18.8. The van der Waals surface area contributed by atoms with Crippen LogP contribution in [0.15, 0.2) is 42.1 Å². The number of fused-ring (bicyclic) bond motifs is 1. The molecule has 2 aliphatic rings. The van der Waals surface area contributed by atoms with Crippen LogP contribution in [0.1, 0.15) is 18.4 Å². The van der Waals surface area contributed by atoms with Crippen molar-refractivity contribution in [3.8, 4) is 0 Å². The number of hydrogen-bond acceptors (Lipinski definition) is 6. The number of nitrogens with two attached hydrogens (primary N) is 2. The number of nitrogen functional groups attached to an aromatic ring is 1. The average Bonchev–Trinajstić information content (AvgIpc) is 2.61. The van der Waals surface area contributed by atoms with Crippen molar-refractivity contribution in [1.82, 2.24) is 5.32 Å². The molecule has 0 amide bonds. The van der Waals surface area contributed by atoms with Gasteiger partial charge in [-0.3, -0.25) is 0 Å². The Bertz CT molecular complexity index is 718. The smallest absolute Gasteiger partial charge is 0.0826 e. The number of nitrogens with one attached hydrogen (secondary N) is 1. The maximum atomic E-state index is 9.76. The summed E-state index contributed by atoms with van der Waals surface area (Å²) in [7, 11) is 1.71. The molecule has 0 heterocycles. The molecule has 6 nitrogen and oxygen atoms in total. The Labute approximate surface area is 155 Å². The summed E-state index contributed by atoms with van der Waals surface area (Å²) in [5.41, 5.74) is 15.3. The van der Waals surface area contributed by atoms with E-state index in [-0.39, 0.29) is 17.7 Å². The van der Waals surface area contributed by atoms with E-state index in [0.717, 1.165) is 42.0 Å². The van der Waals surface area contributed by atoms with Gasteiger partial charge in [-0.15, -0.1) is 0 Å². The van der Waals surface area contributed by atoms with Crippen molar-refractivity contribution in [3.05, 3.63) is 47.7 Å². The summed E-state index contributed by atoms with van der Waals surface area (Å²) < 4.78 is 5.22. The monoisotopic (exact) mass is 358 g/mol. The summed E-state index contributed by atoms with van der Waals surface area (Å²) in [6.45, 7) is 3.99. The molecule has 6 heteroatoms. The highest BCUT2D eigenvalue weighted by Gasteiger charge is 2.60. The van der Waals surface area contributed by atoms with Crippen LogP contribution in [0, 0.1) is 6.92 Å². The van der Waals surface area contributed by atoms with Gasteiger partial charge in [0.15, 0.2) is 0 Å². The Morgan fingerprint density at radius 3 is 2.73 bits per heavy atom. The van der Waals surface area contributed by atoms with E-state index in [0.29, 0.717) is 13.2 Å².